The fourth-order valence-corrected chi connectivity index (χ4v) is 2.19. The van der Waals surface area contributed by atoms with Crippen molar-refractivity contribution >= 4 is 5.91 Å². The van der Waals surface area contributed by atoms with Crippen molar-refractivity contribution in [2.45, 2.75) is 45.1 Å². The van der Waals surface area contributed by atoms with E-state index in [9.17, 15) is 14.7 Å². The van der Waals surface area contributed by atoms with Gasteiger partial charge in [-0.3, -0.25) is 9.59 Å². The van der Waals surface area contributed by atoms with Gasteiger partial charge in [-0.05, 0) is 18.9 Å². The standard InChI is InChI=1S/C14H23N3O3/c1-4-8-14(20,9-5-2)10-15-13(19)11-6-7-12(18)17(3)16-11/h6-7,20H,4-5,8-10H2,1-3H3,(H,15,19). The van der Waals surface area contributed by atoms with E-state index in [0.29, 0.717) is 12.8 Å². The molecule has 1 heterocycles. The molecule has 0 radical (unpaired) electrons. The highest BCUT2D eigenvalue weighted by atomic mass is 16.3. The van der Waals surface area contributed by atoms with Gasteiger partial charge in [0.25, 0.3) is 11.5 Å². The summed E-state index contributed by atoms with van der Waals surface area (Å²) in [5.41, 5.74) is -0.975. The van der Waals surface area contributed by atoms with Crippen LogP contribution in [0.3, 0.4) is 0 Å². The average molecular weight is 281 g/mol. The first-order chi connectivity index (χ1) is 9.41. The maximum Gasteiger partial charge on any atom is 0.271 e. The third kappa shape index (κ3) is 4.45. The summed E-state index contributed by atoms with van der Waals surface area (Å²) in [4.78, 5) is 23.2. The fourth-order valence-electron chi connectivity index (χ4n) is 2.19. The average Bonchev–Trinajstić information content (AvgIpc) is 2.40. The summed E-state index contributed by atoms with van der Waals surface area (Å²) in [7, 11) is 1.49. The molecule has 1 rings (SSSR count). The molecule has 112 valence electrons. The molecule has 0 bridgehead atoms. The minimum Gasteiger partial charge on any atom is -0.388 e. The molecule has 0 saturated carbocycles. The van der Waals surface area contributed by atoms with Gasteiger partial charge in [0.05, 0.1) is 5.60 Å². The predicted molar refractivity (Wildman–Crippen MR) is 76.6 cm³/mol. The van der Waals surface area contributed by atoms with Crippen molar-refractivity contribution in [2.24, 2.45) is 7.05 Å². The topological polar surface area (TPSA) is 84.2 Å². The number of nitrogens with zero attached hydrogens (tertiary/aromatic N) is 2. The minimum absolute atomic E-state index is 0.169. The molecule has 6 heteroatoms. The summed E-state index contributed by atoms with van der Waals surface area (Å²) in [6.45, 7) is 4.19. The van der Waals surface area contributed by atoms with Crippen molar-refractivity contribution in [3.05, 3.63) is 28.2 Å². The summed E-state index contributed by atoms with van der Waals surface area (Å²) in [6.07, 6.45) is 2.98. The first-order valence-electron chi connectivity index (χ1n) is 6.97. The number of aryl methyl sites for hydroxylation is 1. The number of hydrogen-bond donors (Lipinski definition) is 2. The number of hydrogen-bond acceptors (Lipinski definition) is 4. The van der Waals surface area contributed by atoms with Crippen LogP contribution < -0.4 is 10.9 Å². The first-order valence-corrected chi connectivity index (χ1v) is 6.97. The van der Waals surface area contributed by atoms with Crippen LogP contribution in [0.5, 0.6) is 0 Å². The van der Waals surface area contributed by atoms with Gasteiger partial charge in [-0.25, -0.2) is 4.68 Å². The van der Waals surface area contributed by atoms with Crippen LogP contribution in [-0.4, -0.2) is 32.9 Å². The Morgan fingerprint density at radius 2 is 1.95 bits per heavy atom. The summed E-state index contributed by atoms with van der Waals surface area (Å²) in [6, 6.07) is 2.68. The Morgan fingerprint density at radius 1 is 1.35 bits per heavy atom. The molecule has 0 unspecified atom stereocenters. The second-order valence-electron chi connectivity index (χ2n) is 5.09. The smallest absolute Gasteiger partial charge is 0.271 e. The molecule has 20 heavy (non-hydrogen) atoms. The monoisotopic (exact) mass is 281 g/mol. The van der Waals surface area contributed by atoms with Crippen molar-refractivity contribution in [3.8, 4) is 0 Å². The van der Waals surface area contributed by atoms with Gasteiger partial charge >= 0.3 is 0 Å². The molecule has 2 N–H and O–H groups in total. The lowest BCUT2D eigenvalue weighted by atomic mass is 9.92. The number of aliphatic hydroxyl groups is 1. The molecule has 0 aromatic carbocycles. The van der Waals surface area contributed by atoms with Crippen molar-refractivity contribution < 1.29 is 9.90 Å². The Labute approximate surface area is 118 Å². The third-order valence-corrected chi connectivity index (χ3v) is 3.20. The summed E-state index contributed by atoms with van der Waals surface area (Å²) in [5.74, 6) is -0.383. The van der Waals surface area contributed by atoms with E-state index in [-0.39, 0.29) is 23.7 Å². The molecule has 0 fully saturated rings. The van der Waals surface area contributed by atoms with Gasteiger partial charge < -0.3 is 10.4 Å². The zero-order valence-electron chi connectivity index (χ0n) is 12.3. The van der Waals surface area contributed by atoms with E-state index in [1.54, 1.807) is 0 Å². The van der Waals surface area contributed by atoms with Gasteiger partial charge in [0.1, 0.15) is 5.69 Å². The molecule has 0 spiro atoms. The zero-order valence-corrected chi connectivity index (χ0v) is 12.3. The number of nitrogens with one attached hydrogen (secondary N) is 1. The van der Waals surface area contributed by atoms with Crippen LogP contribution in [0.4, 0.5) is 0 Å². The van der Waals surface area contributed by atoms with Crippen molar-refractivity contribution in [2.75, 3.05) is 6.54 Å². The van der Waals surface area contributed by atoms with E-state index in [0.717, 1.165) is 17.5 Å². The van der Waals surface area contributed by atoms with Crippen molar-refractivity contribution in [1.29, 1.82) is 0 Å². The predicted octanol–water partition coefficient (Wildman–Crippen LogP) is 0.841. The Balaban J connectivity index is 2.69. The summed E-state index contributed by atoms with van der Waals surface area (Å²) in [5, 5.41) is 17.0. The number of aromatic nitrogens is 2. The van der Waals surface area contributed by atoms with E-state index in [4.69, 9.17) is 0 Å². The van der Waals surface area contributed by atoms with Crippen LogP contribution in [0.1, 0.15) is 50.0 Å². The summed E-state index contributed by atoms with van der Waals surface area (Å²) < 4.78 is 1.11. The van der Waals surface area contributed by atoms with E-state index in [2.05, 4.69) is 10.4 Å². The highest BCUT2D eigenvalue weighted by Crippen LogP contribution is 2.18. The SMILES string of the molecule is CCCC(O)(CCC)CNC(=O)c1ccc(=O)n(C)n1. The normalized spacial score (nSPS) is 11.4. The lowest BCUT2D eigenvalue weighted by Gasteiger charge is -2.27. The third-order valence-electron chi connectivity index (χ3n) is 3.20. The Kier molecular flexibility index (Phi) is 5.88. The Bertz CT molecular complexity index is 505. The lowest BCUT2D eigenvalue weighted by Crippen LogP contribution is -2.43. The van der Waals surface area contributed by atoms with E-state index in [1.165, 1.54) is 19.2 Å². The molecule has 1 amide bonds. The molecule has 0 aliphatic heterocycles. The molecule has 6 nitrogen and oxygen atoms in total. The molecular weight excluding hydrogens is 258 g/mol. The van der Waals surface area contributed by atoms with Crippen LogP contribution in [0, 0.1) is 0 Å². The fraction of sp³-hybridized carbons (Fsp3) is 0.643. The maximum atomic E-state index is 12.0. The molecule has 0 saturated heterocycles. The maximum absolute atomic E-state index is 12.0. The second-order valence-corrected chi connectivity index (χ2v) is 5.09. The van der Waals surface area contributed by atoms with Gasteiger partial charge in [-0.2, -0.15) is 5.10 Å². The van der Waals surface area contributed by atoms with Crippen LogP contribution in [0.15, 0.2) is 16.9 Å². The number of carbonyl (C=O) groups is 1. The van der Waals surface area contributed by atoms with Gasteiger partial charge in [-0.1, -0.05) is 26.7 Å². The molecule has 0 aliphatic rings. The molecular formula is C14H23N3O3. The minimum atomic E-state index is -0.875. The van der Waals surface area contributed by atoms with Crippen LogP contribution >= 0.6 is 0 Å². The van der Waals surface area contributed by atoms with Crippen molar-refractivity contribution in [3.63, 3.8) is 0 Å². The van der Waals surface area contributed by atoms with Gasteiger partial charge in [-0.15, -0.1) is 0 Å². The van der Waals surface area contributed by atoms with Gasteiger partial charge in [0, 0.05) is 19.7 Å². The molecule has 1 aromatic rings. The quantitative estimate of drug-likeness (QED) is 0.775. The zero-order chi connectivity index (χ0) is 15.2. The second kappa shape index (κ2) is 7.19. The van der Waals surface area contributed by atoms with Crippen molar-refractivity contribution in [1.82, 2.24) is 15.1 Å². The lowest BCUT2D eigenvalue weighted by molar-refractivity contribution is 0.0212. The van der Waals surface area contributed by atoms with Gasteiger partial charge in [0.2, 0.25) is 0 Å². The number of rotatable bonds is 7. The van der Waals surface area contributed by atoms with Crippen LogP contribution in [0.25, 0.3) is 0 Å². The van der Waals surface area contributed by atoms with E-state index < -0.39 is 5.60 Å². The highest BCUT2D eigenvalue weighted by Gasteiger charge is 2.25. The first kappa shape index (κ1) is 16.4. The molecule has 0 aliphatic carbocycles. The van der Waals surface area contributed by atoms with E-state index >= 15 is 0 Å². The van der Waals surface area contributed by atoms with Crippen LogP contribution in [-0.2, 0) is 7.05 Å². The largest absolute Gasteiger partial charge is 0.388 e. The van der Waals surface area contributed by atoms with Crippen LogP contribution in [0.2, 0.25) is 0 Å². The Morgan fingerprint density at radius 3 is 2.45 bits per heavy atom. The van der Waals surface area contributed by atoms with Gasteiger partial charge in [0.15, 0.2) is 0 Å². The number of amides is 1. The van der Waals surface area contributed by atoms with E-state index in [1.807, 2.05) is 13.8 Å². The molecule has 1 aromatic heterocycles. The number of carbonyl (C=O) groups excluding carboxylic acids is 1. The summed E-state index contributed by atoms with van der Waals surface area (Å²) >= 11 is 0. The Hall–Kier alpha value is -1.69. The molecule has 0 atom stereocenters. The highest BCUT2D eigenvalue weighted by molar-refractivity contribution is 5.92.